The number of hydrogen-bond acceptors (Lipinski definition) is 4. The average Bonchev–Trinajstić information content (AvgIpc) is 3.04. The highest BCUT2D eigenvalue weighted by Crippen LogP contribution is 2.28. The first-order chi connectivity index (χ1) is 10.2. The Labute approximate surface area is 123 Å². The van der Waals surface area contributed by atoms with Crippen LogP contribution in [0.25, 0.3) is 0 Å². The van der Waals surface area contributed by atoms with E-state index in [0.717, 1.165) is 51.2 Å². The van der Waals surface area contributed by atoms with Gasteiger partial charge in [-0.3, -0.25) is 4.79 Å². The van der Waals surface area contributed by atoms with Crippen LogP contribution in [0.4, 0.5) is 4.39 Å². The van der Waals surface area contributed by atoms with Crippen LogP contribution in [0.2, 0.25) is 0 Å². The molecule has 5 nitrogen and oxygen atoms in total. The Morgan fingerprint density at radius 2 is 1.76 bits per heavy atom. The number of hydrogen-bond donors (Lipinski definition) is 0. The van der Waals surface area contributed by atoms with Gasteiger partial charge in [-0.25, -0.2) is 14.4 Å². The first-order valence-corrected chi connectivity index (χ1v) is 7.65. The van der Waals surface area contributed by atoms with E-state index in [2.05, 4.69) is 9.97 Å². The Bertz CT molecular complexity index is 480. The van der Waals surface area contributed by atoms with E-state index in [9.17, 15) is 9.18 Å². The summed E-state index contributed by atoms with van der Waals surface area (Å²) in [6.45, 7) is 1.45. The van der Waals surface area contributed by atoms with E-state index >= 15 is 0 Å². The molecule has 2 fully saturated rings. The summed E-state index contributed by atoms with van der Waals surface area (Å²) in [5, 5.41) is 0. The summed E-state index contributed by atoms with van der Waals surface area (Å²) in [5.74, 6) is 0.0752. The molecule has 1 aliphatic heterocycles. The van der Waals surface area contributed by atoms with Crippen LogP contribution in [0, 0.1) is 11.7 Å². The number of aromatic nitrogens is 2. The maximum Gasteiger partial charge on any atom is 0.316 e. The van der Waals surface area contributed by atoms with Crippen molar-refractivity contribution < 1.29 is 13.9 Å². The smallest absolute Gasteiger partial charge is 0.316 e. The molecule has 21 heavy (non-hydrogen) atoms. The molecule has 1 aromatic rings. The zero-order valence-electron chi connectivity index (χ0n) is 12.0. The molecule has 6 heteroatoms. The lowest BCUT2D eigenvalue weighted by atomic mass is 10.0. The van der Waals surface area contributed by atoms with E-state index in [-0.39, 0.29) is 18.0 Å². The van der Waals surface area contributed by atoms with Crippen LogP contribution in [0.3, 0.4) is 0 Å². The normalized spacial score (nSPS) is 20.7. The van der Waals surface area contributed by atoms with Crippen molar-refractivity contribution in [3.8, 4) is 6.01 Å². The van der Waals surface area contributed by atoms with Gasteiger partial charge in [-0.05, 0) is 12.8 Å². The zero-order chi connectivity index (χ0) is 14.7. The number of piperidine rings is 1. The first-order valence-electron chi connectivity index (χ1n) is 7.65. The van der Waals surface area contributed by atoms with Gasteiger partial charge >= 0.3 is 6.01 Å². The molecule has 1 saturated carbocycles. The molecule has 2 heterocycles. The molecule has 0 atom stereocenters. The molecule has 0 unspecified atom stereocenters. The van der Waals surface area contributed by atoms with E-state index in [1.807, 2.05) is 4.90 Å². The lowest BCUT2D eigenvalue weighted by Gasteiger charge is -2.33. The largest absolute Gasteiger partial charge is 0.460 e. The van der Waals surface area contributed by atoms with Gasteiger partial charge in [-0.15, -0.1) is 0 Å². The monoisotopic (exact) mass is 293 g/mol. The zero-order valence-corrected chi connectivity index (χ0v) is 12.0. The second kappa shape index (κ2) is 6.37. The fourth-order valence-corrected chi connectivity index (χ4v) is 3.14. The highest BCUT2D eigenvalue weighted by atomic mass is 19.1. The third kappa shape index (κ3) is 3.49. The predicted molar refractivity (Wildman–Crippen MR) is 74.2 cm³/mol. The van der Waals surface area contributed by atoms with Gasteiger partial charge in [0.1, 0.15) is 6.10 Å². The number of amides is 1. The summed E-state index contributed by atoms with van der Waals surface area (Å²) in [5.41, 5.74) is 0. The molecule has 0 bridgehead atoms. The summed E-state index contributed by atoms with van der Waals surface area (Å²) in [6, 6.07) is 0.206. The second-order valence-corrected chi connectivity index (χ2v) is 5.81. The highest BCUT2D eigenvalue weighted by Gasteiger charge is 2.30. The Morgan fingerprint density at radius 1 is 1.14 bits per heavy atom. The molecular weight excluding hydrogens is 273 g/mol. The van der Waals surface area contributed by atoms with Gasteiger partial charge in [0.05, 0.1) is 12.4 Å². The highest BCUT2D eigenvalue weighted by molar-refractivity contribution is 5.79. The maximum atomic E-state index is 12.7. The molecule has 0 spiro atoms. The molecule has 2 aliphatic rings. The molecule has 1 aliphatic carbocycles. The Balaban J connectivity index is 1.48. The van der Waals surface area contributed by atoms with Crippen LogP contribution in [-0.4, -0.2) is 40.0 Å². The van der Waals surface area contributed by atoms with Crippen molar-refractivity contribution in [2.45, 2.75) is 44.6 Å². The summed E-state index contributed by atoms with van der Waals surface area (Å²) >= 11 is 0. The fraction of sp³-hybridized carbons (Fsp3) is 0.667. The fourth-order valence-electron chi connectivity index (χ4n) is 3.14. The van der Waals surface area contributed by atoms with E-state index in [1.165, 1.54) is 12.8 Å². The van der Waals surface area contributed by atoms with Crippen molar-refractivity contribution in [1.29, 1.82) is 0 Å². The SMILES string of the molecule is O=C(C1CCCC1)N1CCC(Oc2ncc(F)cn2)CC1. The quantitative estimate of drug-likeness (QED) is 0.857. The van der Waals surface area contributed by atoms with Gasteiger partial charge in [0.25, 0.3) is 0 Å². The standard InChI is InChI=1S/C15H20FN3O2/c16-12-9-17-15(18-10-12)21-13-5-7-19(8-6-13)14(20)11-3-1-2-4-11/h9-11,13H,1-8H2. The van der Waals surface area contributed by atoms with Gasteiger partial charge < -0.3 is 9.64 Å². The number of halogens is 1. The molecule has 1 amide bonds. The average molecular weight is 293 g/mol. The molecule has 1 aromatic heterocycles. The molecule has 114 valence electrons. The molecule has 3 rings (SSSR count). The third-order valence-corrected chi connectivity index (χ3v) is 4.33. The van der Waals surface area contributed by atoms with E-state index in [4.69, 9.17) is 4.74 Å². The second-order valence-electron chi connectivity index (χ2n) is 5.81. The predicted octanol–water partition coefficient (Wildman–Crippen LogP) is 2.18. The van der Waals surface area contributed by atoms with Crippen molar-refractivity contribution in [3.63, 3.8) is 0 Å². The topological polar surface area (TPSA) is 55.3 Å². The number of ether oxygens (including phenoxy) is 1. The lowest BCUT2D eigenvalue weighted by Crippen LogP contribution is -2.44. The van der Waals surface area contributed by atoms with Gasteiger partial charge in [0.15, 0.2) is 5.82 Å². The minimum absolute atomic E-state index is 0.00286. The van der Waals surface area contributed by atoms with Crippen molar-refractivity contribution in [2.75, 3.05) is 13.1 Å². The summed E-state index contributed by atoms with van der Waals surface area (Å²) in [4.78, 5) is 21.9. The number of likely N-dealkylation sites (tertiary alicyclic amines) is 1. The lowest BCUT2D eigenvalue weighted by molar-refractivity contribution is -0.137. The van der Waals surface area contributed by atoms with Gasteiger partial charge in [0, 0.05) is 31.8 Å². The van der Waals surface area contributed by atoms with Crippen molar-refractivity contribution in [3.05, 3.63) is 18.2 Å². The van der Waals surface area contributed by atoms with Crippen LogP contribution in [0.1, 0.15) is 38.5 Å². The third-order valence-electron chi connectivity index (χ3n) is 4.33. The summed E-state index contributed by atoms with van der Waals surface area (Å²) < 4.78 is 18.4. The summed E-state index contributed by atoms with van der Waals surface area (Å²) in [7, 11) is 0. The molecule has 0 aromatic carbocycles. The van der Waals surface area contributed by atoms with Crippen molar-refractivity contribution >= 4 is 5.91 Å². The van der Waals surface area contributed by atoms with Crippen LogP contribution >= 0.6 is 0 Å². The van der Waals surface area contributed by atoms with Gasteiger partial charge in [-0.1, -0.05) is 12.8 Å². The first kappa shape index (κ1) is 14.2. The summed E-state index contributed by atoms with van der Waals surface area (Å²) in [6.07, 6.45) is 8.19. The number of nitrogens with zero attached hydrogens (tertiary/aromatic N) is 3. The van der Waals surface area contributed by atoms with Crippen LogP contribution < -0.4 is 4.74 Å². The van der Waals surface area contributed by atoms with Crippen molar-refractivity contribution in [2.24, 2.45) is 5.92 Å². The van der Waals surface area contributed by atoms with Crippen LogP contribution in [0.5, 0.6) is 6.01 Å². The molecular formula is C15H20FN3O2. The van der Waals surface area contributed by atoms with Gasteiger partial charge in [-0.2, -0.15) is 0 Å². The molecule has 0 radical (unpaired) electrons. The minimum atomic E-state index is -0.473. The van der Waals surface area contributed by atoms with Crippen LogP contribution in [0.15, 0.2) is 12.4 Å². The number of rotatable bonds is 3. The van der Waals surface area contributed by atoms with E-state index < -0.39 is 5.82 Å². The van der Waals surface area contributed by atoms with E-state index in [0.29, 0.717) is 5.91 Å². The van der Waals surface area contributed by atoms with Crippen molar-refractivity contribution in [1.82, 2.24) is 14.9 Å². The Kier molecular flexibility index (Phi) is 4.31. The Morgan fingerprint density at radius 3 is 2.38 bits per heavy atom. The Hall–Kier alpha value is -1.72. The van der Waals surface area contributed by atoms with Gasteiger partial charge in [0.2, 0.25) is 5.91 Å². The van der Waals surface area contributed by atoms with Crippen LogP contribution in [-0.2, 0) is 4.79 Å². The van der Waals surface area contributed by atoms with E-state index in [1.54, 1.807) is 0 Å². The number of carbonyl (C=O) groups is 1. The molecule has 1 saturated heterocycles. The number of carbonyl (C=O) groups excluding carboxylic acids is 1. The minimum Gasteiger partial charge on any atom is -0.460 e. The maximum absolute atomic E-state index is 12.7. The molecule has 0 N–H and O–H groups in total.